The van der Waals surface area contributed by atoms with Gasteiger partial charge < -0.3 is 15.1 Å². The predicted octanol–water partition coefficient (Wildman–Crippen LogP) is 3.44. The van der Waals surface area contributed by atoms with Gasteiger partial charge in [-0.1, -0.05) is 61.5 Å². The molecule has 2 aromatic rings. The number of urea groups is 1. The molecule has 0 radical (unpaired) electrons. The number of rotatable bonds is 8. The minimum Gasteiger partial charge on any atom is -0.337 e. The Labute approximate surface area is 162 Å². The van der Waals surface area contributed by atoms with Crippen LogP contribution in [0.4, 0.5) is 4.79 Å². The van der Waals surface area contributed by atoms with E-state index in [1.807, 2.05) is 49.4 Å². The minimum atomic E-state index is -0.251. The van der Waals surface area contributed by atoms with E-state index in [4.69, 9.17) is 0 Å². The van der Waals surface area contributed by atoms with Gasteiger partial charge in [0.05, 0.1) is 6.54 Å². The number of amides is 3. The quantitative estimate of drug-likeness (QED) is 0.777. The molecule has 3 amide bonds. The van der Waals surface area contributed by atoms with Crippen molar-refractivity contribution in [3.8, 4) is 0 Å². The molecule has 0 spiro atoms. The molecular formula is C22H29N3O2. The van der Waals surface area contributed by atoms with Crippen LogP contribution < -0.4 is 5.32 Å². The van der Waals surface area contributed by atoms with Crippen molar-refractivity contribution in [2.45, 2.75) is 33.4 Å². The summed E-state index contributed by atoms with van der Waals surface area (Å²) in [5.74, 6) is -0.0876. The number of hydrogen-bond acceptors (Lipinski definition) is 2. The number of hydrogen-bond donors (Lipinski definition) is 1. The summed E-state index contributed by atoms with van der Waals surface area (Å²) in [6.45, 7) is 5.71. The second-order valence-electron chi connectivity index (χ2n) is 6.58. The second-order valence-corrected chi connectivity index (χ2v) is 6.58. The Bertz CT molecular complexity index is 729. The van der Waals surface area contributed by atoms with Gasteiger partial charge in [0.1, 0.15) is 0 Å². The van der Waals surface area contributed by atoms with Crippen LogP contribution in [0.25, 0.3) is 0 Å². The molecule has 0 aliphatic rings. The van der Waals surface area contributed by atoms with Gasteiger partial charge in [-0.05, 0) is 30.0 Å². The van der Waals surface area contributed by atoms with E-state index in [0.29, 0.717) is 19.6 Å². The van der Waals surface area contributed by atoms with Crippen molar-refractivity contribution in [1.29, 1.82) is 0 Å². The molecule has 0 aliphatic carbocycles. The van der Waals surface area contributed by atoms with Gasteiger partial charge in [-0.15, -0.1) is 0 Å². The summed E-state index contributed by atoms with van der Waals surface area (Å²) < 4.78 is 0. The second kappa shape index (κ2) is 10.4. The van der Waals surface area contributed by atoms with Crippen LogP contribution in [0.15, 0.2) is 54.6 Å². The van der Waals surface area contributed by atoms with Gasteiger partial charge in [0, 0.05) is 26.7 Å². The molecule has 5 nitrogen and oxygen atoms in total. The maximum Gasteiger partial charge on any atom is 0.317 e. The zero-order valence-corrected chi connectivity index (χ0v) is 16.4. The van der Waals surface area contributed by atoms with E-state index in [2.05, 4.69) is 24.4 Å². The highest BCUT2D eigenvalue weighted by Gasteiger charge is 2.15. The first-order valence-electron chi connectivity index (χ1n) is 9.42. The maximum absolute atomic E-state index is 12.4. The first-order chi connectivity index (χ1) is 13.0. The molecule has 0 aromatic heterocycles. The number of nitrogens with zero attached hydrogens (tertiary/aromatic N) is 2. The molecule has 1 N–H and O–H groups in total. The van der Waals surface area contributed by atoms with Crippen molar-refractivity contribution >= 4 is 11.9 Å². The Morgan fingerprint density at radius 3 is 2.04 bits per heavy atom. The molecule has 0 saturated heterocycles. The SMILES string of the molecule is CCc1ccc(CN(C)C(=O)NCC(=O)N(CC)Cc2ccccc2)cc1. The van der Waals surface area contributed by atoms with E-state index in [1.165, 1.54) is 5.56 Å². The predicted molar refractivity (Wildman–Crippen MR) is 108 cm³/mol. The van der Waals surface area contributed by atoms with E-state index in [0.717, 1.165) is 17.5 Å². The van der Waals surface area contributed by atoms with E-state index in [1.54, 1.807) is 16.8 Å². The average molecular weight is 367 g/mol. The minimum absolute atomic E-state index is 0.00137. The maximum atomic E-state index is 12.4. The summed E-state index contributed by atoms with van der Waals surface area (Å²) in [7, 11) is 1.73. The van der Waals surface area contributed by atoms with Gasteiger partial charge in [0.2, 0.25) is 5.91 Å². The molecule has 27 heavy (non-hydrogen) atoms. The largest absolute Gasteiger partial charge is 0.337 e. The lowest BCUT2D eigenvalue weighted by Gasteiger charge is -2.23. The number of carbonyl (C=O) groups excluding carboxylic acids is 2. The Morgan fingerprint density at radius 2 is 1.44 bits per heavy atom. The van der Waals surface area contributed by atoms with Crippen LogP contribution in [-0.4, -0.2) is 41.9 Å². The summed E-state index contributed by atoms with van der Waals surface area (Å²) >= 11 is 0. The molecule has 144 valence electrons. The summed E-state index contributed by atoms with van der Waals surface area (Å²) in [5.41, 5.74) is 3.41. The smallest absolute Gasteiger partial charge is 0.317 e. The number of aryl methyl sites for hydroxylation is 1. The van der Waals surface area contributed by atoms with Gasteiger partial charge in [-0.25, -0.2) is 4.79 Å². The van der Waals surface area contributed by atoms with Gasteiger partial charge >= 0.3 is 6.03 Å². The first-order valence-corrected chi connectivity index (χ1v) is 9.42. The van der Waals surface area contributed by atoms with Gasteiger partial charge in [-0.3, -0.25) is 4.79 Å². The normalized spacial score (nSPS) is 10.3. The van der Waals surface area contributed by atoms with Crippen molar-refractivity contribution in [2.75, 3.05) is 20.1 Å². The Balaban J connectivity index is 1.82. The molecule has 5 heteroatoms. The number of likely N-dealkylation sites (N-methyl/N-ethyl adjacent to an activating group) is 1. The van der Waals surface area contributed by atoms with Gasteiger partial charge in [0.15, 0.2) is 0 Å². The summed E-state index contributed by atoms with van der Waals surface area (Å²) in [4.78, 5) is 28.0. The van der Waals surface area contributed by atoms with Gasteiger partial charge in [0.25, 0.3) is 0 Å². The van der Waals surface area contributed by atoms with Crippen LogP contribution in [0.3, 0.4) is 0 Å². The molecule has 0 saturated carbocycles. The number of carbonyl (C=O) groups is 2. The molecule has 0 fully saturated rings. The molecule has 2 aromatic carbocycles. The van der Waals surface area contributed by atoms with Crippen LogP contribution in [0.2, 0.25) is 0 Å². The molecule has 2 rings (SSSR count). The van der Waals surface area contributed by atoms with Crippen molar-refractivity contribution < 1.29 is 9.59 Å². The lowest BCUT2D eigenvalue weighted by atomic mass is 10.1. The van der Waals surface area contributed by atoms with Crippen LogP contribution in [0, 0.1) is 0 Å². The third-order valence-electron chi connectivity index (χ3n) is 4.54. The molecule has 0 heterocycles. The molecule has 0 atom stereocenters. The fourth-order valence-electron chi connectivity index (χ4n) is 2.80. The molecule has 0 aliphatic heterocycles. The Kier molecular flexibility index (Phi) is 7.86. The number of benzene rings is 2. The monoisotopic (exact) mass is 367 g/mol. The fraction of sp³-hybridized carbons (Fsp3) is 0.364. The lowest BCUT2D eigenvalue weighted by Crippen LogP contribution is -2.44. The van der Waals surface area contributed by atoms with Crippen LogP contribution in [-0.2, 0) is 24.3 Å². The summed E-state index contributed by atoms with van der Waals surface area (Å²) in [6.07, 6.45) is 0.996. The van der Waals surface area contributed by atoms with E-state index in [-0.39, 0.29) is 18.5 Å². The molecule has 0 bridgehead atoms. The number of nitrogens with one attached hydrogen (secondary N) is 1. The van der Waals surface area contributed by atoms with Crippen molar-refractivity contribution in [1.82, 2.24) is 15.1 Å². The summed E-state index contributed by atoms with van der Waals surface area (Å²) in [5, 5.41) is 2.72. The van der Waals surface area contributed by atoms with Crippen LogP contribution in [0.5, 0.6) is 0 Å². The third-order valence-corrected chi connectivity index (χ3v) is 4.54. The van der Waals surface area contributed by atoms with Crippen molar-refractivity contribution in [3.63, 3.8) is 0 Å². The van der Waals surface area contributed by atoms with Crippen LogP contribution in [0.1, 0.15) is 30.5 Å². The van der Waals surface area contributed by atoms with E-state index < -0.39 is 0 Å². The molecular weight excluding hydrogens is 338 g/mol. The highest BCUT2D eigenvalue weighted by molar-refractivity contribution is 5.83. The van der Waals surface area contributed by atoms with Crippen molar-refractivity contribution in [3.05, 3.63) is 71.3 Å². The highest BCUT2D eigenvalue weighted by Crippen LogP contribution is 2.08. The highest BCUT2D eigenvalue weighted by atomic mass is 16.2. The lowest BCUT2D eigenvalue weighted by molar-refractivity contribution is -0.130. The summed E-state index contributed by atoms with van der Waals surface area (Å²) in [6, 6.07) is 17.8. The standard InChI is InChI=1S/C22H29N3O2/c1-4-18-11-13-20(14-12-18)16-24(3)22(27)23-15-21(26)25(5-2)17-19-9-7-6-8-10-19/h6-14H,4-5,15-17H2,1-3H3,(H,23,27). The van der Waals surface area contributed by atoms with E-state index >= 15 is 0 Å². The topological polar surface area (TPSA) is 52.7 Å². The zero-order valence-electron chi connectivity index (χ0n) is 16.4. The fourth-order valence-corrected chi connectivity index (χ4v) is 2.80. The Hall–Kier alpha value is -2.82. The third kappa shape index (κ3) is 6.44. The first kappa shape index (κ1) is 20.5. The van der Waals surface area contributed by atoms with Crippen LogP contribution >= 0.6 is 0 Å². The van der Waals surface area contributed by atoms with Gasteiger partial charge in [-0.2, -0.15) is 0 Å². The van der Waals surface area contributed by atoms with E-state index in [9.17, 15) is 9.59 Å². The Morgan fingerprint density at radius 1 is 0.852 bits per heavy atom. The molecule has 0 unspecified atom stereocenters. The zero-order chi connectivity index (χ0) is 19.6. The van der Waals surface area contributed by atoms with Crippen molar-refractivity contribution in [2.24, 2.45) is 0 Å². The average Bonchev–Trinajstić information content (AvgIpc) is 2.71.